The largest absolute Gasteiger partial charge is 0.478 e. The molecule has 18 heavy (non-hydrogen) atoms. The number of rotatable bonds is 6. The van der Waals surface area contributed by atoms with E-state index >= 15 is 0 Å². The van der Waals surface area contributed by atoms with Crippen LogP contribution >= 0.6 is 0 Å². The molecule has 0 aliphatic heterocycles. The first-order valence-electron chi connectivity index (χ1n) is 5.74. The monoisotopic (exact) mass is 251 g/mol. The first-order valence-corrected chi connectivity index (χ1v) is 5.74. The third kappa shape index (κ3) is 3.30. The van der Waals surface area contributed by atoms with Gasteiger partial charge < -0.3 is 15.2 Å². The van der Waals surface area contributed by atoms with Crippen molar-refractivity contribution in [3.63, 3.8) is 0 Å². The minimum absolute atomic E-state index is 0.178. The van der Waals surface area contributed by atoms with Gasteiger partial charge in [0.05, 0.1) is 12.2 Å². The van der Waals surface area contributed by atoms with Gasteiger partial charge in [-0.05, 0) is 24.1 Å². The molecule has 0 aromatic heterocycles. The van der Waals surface area contributed by atoms with Gasteiger partial charge >= 0.3 is 5.97 Å². The number of ether oxygens (including phenoxy) is 1. The van der Waals surface area contributed by atoms with Crippen LogP contribution in [0.3, 0.4) is 0 Å². The second-order valence-electron chi connectivity index (χ2n) is 3.74. The fourth-order valence-electron chi connectivity index (χ4n) is 1.74. The Morgan fingerprint density at radius 3 is 2.56 bits per heavy atom. The van der Waals surface area contributed by atoms with E-state index in [1.165, 1.54) is 6.07 Å². The van der Waals surface area contributed by atoms with E-state index in [0.29, 0.717) is 30.7 Å². The van der Waals surface area contributed by atoms with E-state index < -0.39 is 5.97 Å². The number of carbonyl (C=O) groups is 2. The zero-order chi connectivity index (χ0) is 13.5. The summed E-state index contributed by atoms with van der Waals surface area (Å²) in [6.45, 7) is 2.65. The van der Waals surface area contributed by atoms with Crippen molar-refractivity contribution in [1.29, 1.82) is 0 Å². The highest BCUT2D eigenvalue weighted by Crippen LogP contribution is 2.16. The lowest BCUT2D eigenvalue weighted by Gasteiger charge is -2.11. The molecule has 0 saturated heterocycles. The summed E-state index contributed by atoms with van der Waals surface area (Å²) < 4.78 is 4.84. The maximum atomic E-state index is 11.9. The fraction of sp³-hybridized carbons (Fsp3) is 0.385. The molecule has 0 aliphatic carbocycles. The molecule has 0 atom stereocenters. The van der Waals surface area contributed by atoms with E-state index in [0.717, 1.165) is 0 Å². The maximum absolute atomic E-state index is 11.9. The van der Waals surface area contributed by atoms with Gasteiger partial charge in [-0.3, -0.25) is 4.79 Å². The lowest BCUT2D eigenvalue weighted by atomic mass is 9.98. The number of hydrogen-bond acceptors (Lipinski definition) is 3. The molecule has 98 valence electrons. The van der Waals surface area contributed by atoms with Gasteiger partial charge in [-0.25, -0.2) is 4.79 Å². The molecule has 5 heteroatoms. The van der Waals surface area contributed by atoms with Gasteiger partial charge in [0.25, 0.3) is 5.91 Å². The average molecular weight is 251 g/mol. The summed E-state index contributed by atoms with van der Waals surface area (Å²) in [5.74, 6) is -1.29. The molecule has 0 unspecified atom stereocenters. The summed E-state index contributed by atoms with van der Waals surface area (Å²) >= 11 is 0. The van der Waals surface area contributed by atoms with Crippen molar-refractivity contribution in [2.24, 2.45) is 0 Å². The Morgan fingerprint density at radius 1 is 1.33 bits per heavy atom. The Balaban J connectivity index is 2.97. The molecule has 2 N–H and O–H groups in total. The van der Waals surface area contributed by atoms with Crippen molar-refractivity contribution < 1.29 is 19.4 Å². The van der Waals surface area contributed by atoms with Crippen LogP contribution in [0.25, 0.3) is 0 Å². The van der Waals surface area contributed by atoms with Gasteiger partial charge in [0.1, 0.15) is 0 Å². The minimum Gasteiger partial charge on any atom is -0.478 e. The molecular weight excluding hydrogens is 234 g/mol. The number of nitrogens with one attached hydrogen (secondary N) is 1. The molecule has 1 aromatic rings. The van der Waals surface area contributed by atoms with Crippen LogP contribution in [0, 0.1) is 0 Å². The molecule has 0 saturated carbocycles. The van der Waals surface area contributed by atoms with Crippen molar-refractivity contribution >= 4 is 11.9 Å². The van der Waals surface area contributed by atoms with Gasteiger partial charge in [-0.2, -0.15) is 0 Å². The number of carbonyl (C=O) groups excluding carboxylic acids is 1. The second kappa shape index (κ2) is 6.76. The third-order valence-electron chi connectivity index (χ3n) is 2.60. The van der Waals surface area contributed by atoms with E-state index in [4.69, 9.17) is 9.84 Å². The molecule has 0 fully saturated rings. The Bertz CT molecular complexity index is 443. The molecule has 5 nitrogen and oxygen atoms in total. The third-order valence-corrected chi connectivity index (χ3v) is 2.60. The molecule has 0 aliphatic rings. The predicted octanol–water partition coefficient (Wildman–Crippen LogP) is 1.32. The normalized spacial score (nSPS) is 10.1. The standard InChI is InChI=1S/C13H17NO4/c1-3-9-10(12(15)14-7-8-18-2)5-4-6-11(9)13(16)17/h4-6H,3,7-8H2,1-2H3,(H,14,15)(H,16,17). The summed E-state index contributed by atoms with van der Waals surface area (Å²) in [7, 11) is 1.55. The molecule has 1 amide bonds. The molecule has 0 spiro atoms. The van der Waals surface area contributed by atoms with E-state index in [1.807, 2.05) is 6.92 Å². The number of carboxylic acid groups (broad SMARTS) is 1. The van der Waals surface area contributed by atoms with Crippen molar-refractivity contribution in [1.82, 2.24) is 5.32 Å². The molecule has 0 bridgehead atoms. The summed E-state index contributed by atoms with van der Waals surface area (Å²) in [6.07, 6.45) is 0.496. The van der Waals surface area contributed by atoms with Gasteiger partial charge in [0, 0.05) is 19.2 Å². The number of hydrogen-bond donors (Lipinski definition) is 2. The van der Waals surface area contributed by atoms with E-state index in [1.54, 1.807) is 19.2 Å². The smallest absolute Gasteiger partial charge is 0.335 e. The van der Waals surface area contributed by atoms with Crippen LogP contribution in [0.5, 0.6) is 0 Å². The summed E-state index contributed by atoms with van der Waals surface area (Å²) in [5.41, 5.74) is 1.14. The zero-order valence-corrected chi connectivity index (χ0v) is 10.5. The van der Waals surface area contributed by atoms with Crippen LogP contribution in [0.1, 0.15) is 33.2 Å². The highest BCUT2D eigenvalue weighted by Gasteiger charge is 2.16. The van der Waals surface area contributed by atoms with Crippen molar-refractivity contribution in [2.75, 3.05) is 20.3 Å². The number of methoxy groups -OCH3 is 1. The van der Waals surface area contributed by atoms with Gasteiger partial charge in [-0.1, -0.05) is 13.0 Å². The number of amides is 1. The van der Waals surface area contributed by atoms with E-state index in [-0.39, 0.29) is 11.5 Å². The zero-order valence-electron chi connectivity index (χ0n) is 10.5. The Kier molecular flexibility index (Phi) is 5.32. The van der Waals surface area contributed by atoms with E-state index in [9.17, 15) is 9.59 Å². The first-order chi connectivity index (χ1) is 8.61. The first kappa shape index (κ1) is 14.2. The summed E-state index contributed by atoms with van der Waals surface area (Å²) in [6, 6.07) is 4.72. The average Bonchev–Trinajstić information content (AvgIpc) is 2.37. The predicted molar refractivity (Wildman–Crippen MR) is 67.0 cm³/mol. The highest BCUT2D eigenvalue weighted by molar-refractivity contribution is 6.00. The second-order valence-corrected chi connectivity index (χ2v) is 3.74. The van der Waals surface area contributed by atoms with Crippen molar-refractivity contribution in [2.45, 2.75) is 13.3 Å². The lowest BCUT2D eigenvalue weighted by molar-refractivity contribution is 0.0695. The number of benzene rings is 1. The van der Waals surface area contributed by atoms with Crippen LogP contribution in [0.4, 0.5) is 0 Å². The van der Waals surface area contributed by atoms with Crippen molar-refractivity contribution in [3.8, 4) is 0 Å². The van der Waals surface area contributed by atoms with Gasteiger partial charge in [0.15, 0.2) is 0 Å². The number of carboxylic acids is 1. The number of aromatic carboxylic acids is 1. The molecule has 0 radical (unpaired) electrons. The van der Waals surface area contributed by atoms with Crippen LogP contribution in [0.15, 0.2) is 18.2 Å². The lowest BCUT2D eigenvalue weighted by Crippen LogP contribution is -2.28. The van der Waals surface area contributed by atoms with Crippen molar-refractivity contribution in [3.05, 3.63) is 34.9 Å². The fourth-order valence-corrected chi connectivity index (χ4v) is 1.74. The van der Waals surface area contributed by atoms with Crippen LogP contribution in [-0.4, -0.2) is 37.2 Å². The minimum atomic E-state index is -1.02. The van der Waals surface area contributed by atoms with Crippen LogP contribution in [-0.2, 0) is 11.2 Å². The molecule has 0 heterocycles. The molecule has 1 rings (SSSR count). The molecule has 1 aromatic carbocycles. The Labute approximate surface area is 106 Å². The summed E-state index contributed by atoms with van der Waals surface area (Å²) in [4.78, 5) is 23.0. The van der Waals surface area contributed by atoms with Crippen LogP contribution < -0.4 is 5.32 Å². The SMILES string of the molecule is CCc1c(C(=O)O)cccc1C(=O)NCCOC. The Morgan fingerprint density at radius 2 is 2.00 bits per heavy atom. The molecular formula is C13H17NO4. The van der Waals surface area contributed by atoms with Gasteiger partial charge in [-0.15, -0.1) is 0 Å². The Hall–Kier alpha value is -1.88. The van der Waals surface area contributed by atoms with Crippen LogP contribution in [0.2, 0.25) is 0 Å². The topological polar surface area (TPSA) is 75.6 Å². The van der Waals surface area contributed by atoms with Gasteiger partial charge in [0.2, 0.25) is 0 Å². The maximum Gasteiger partial charge on any atom is 0.335 e. The quantitative estimate of drug-likeness (QED) is 0.748. The summed E-state index contributed by atoms with van der Waals surface area (Å²) in [5, 5.41) is 11.7. The van der Waals surface area contributed by atoms with E-state index in [2.05, 4.69) is 5.32 Å². The highest BCUT2D eigenvalue weighted by atomic mass is 16.5.